The van der Waals surface area contributed by atoms with Crippen molar-refractivity contribution in [3.63, 3.8) is 0 Å². The Morgan fingerprint density at radius 1 is 1.08 bits per heavy atom. The monoisotopic (exact) mass is 488 g/mol. The molecule has 0 aliphatic carbocycles. The highest BCUT2D eigenvalue weighted by Gasteiger charge is 2.33. The van der Waals surface area contributed by atoms with Gasteiger partial charge in [0.05, 0.1) is 5.39 Å². The van der Waals surface area contributed by atoms with Crippen LogP contribution in [0.2, 0.25) is 0 Å². The predicted molar refractivity (Wildman–Crippen MR) is 142 cm³/mol. The standard InChI is InChI=1S/C30H36N2O4/c1-20-15-26(35-19-28(33)31-18-23-11-8-14-32-13-7-6-12-25(23)32)29-21(2)24(30(34)36-27(29)16-20)17-22-9-4-3-5-10-22/h3-5,9-10,15-16,23,25H,6-8,11-14,17-19H2,1-2H3,(H,31,33)/t23-,25+/m0/s1. The number of carbonyl (C=O) groups excluding carboxylic acids is 1. The van der Waals surface area contributed by atoms with Crippen LogP contribution < -0.4 is 15.7 Å². The van der Waals surface area contributed by atoms with Crippen LogP contribution in [-0.4, -0.2) is 43.1 Å². The number of benzene rings is 2. The summed E-state index contributed by atoms with van der Waals surface area (Å²) < 4.78 is 11.8. The molecule has 6 heteroatoms. The van der Waals surface area contributed by atoms with Gasteiger partial charge in [-0.25, -0.2) is 4.79 Å². The second-order valence-electron chi connectivity index (χ2n) is 10.4. The lowest BCUT2D eigenvalue weighted by Gasteiger charge is -2.44. The van der Waals surface area contributed by atoms with Gasteiger partial charge in [-0.1, -0.05) is 36.8 Å². The van der Waals surface area contributed by atoms with Crippen LogP contribution in [0.5, 0.6) is 5.75 Å². The second kappa shape index (κ2) is 10.9. The number of aryl methyl sites for hydroxylation is 2. The van der Waals surface area contributed by atoms with Crippen LogP contribution in [-0.2, 0) is 11.2 Å². The molecule has 3 heterocycles. The Hall–Kier alpha value is -3.12. The van der Waals surface area contributed by atoms with E-state index in [1.54, 1.807) is 0 Å². The quantitative estimate of drug-likeness (QED) is 0.486. The minimum absolute atomic E-state index is 0.0633. The number of ether oxygens (including phenoxy) is 1. The maximum Gasteiger partial charge on any atom is 0.340 e. The van der Waals surface area contributed by atoms with Crippen molar-refractivity contribution in [3.05, 3.63) is 75.1 Å². The number of piperidine rings is 2. The fourth-order valence-electron chi connectivity index (χ4n) is 6.01. The highest BCUT2D eigenvalue weighted by molar-refractivity contribution is 5.89. The zero-order chi connectivity index (χ0) is 25.1. The van der Waals surface area contributed by atoms with E-state index >= 15 is 0 Å². The Labute approximate surface area is 212 Å². The van der Waals surface area contributed by atoms with E-state index in [4.69, 9.17) is 9.15 Å². The number of amides is 1. The van der Waals surface area contributed by atoms with Gasteiger partial charge in [0.15, 0.2) is 6.61 Å². The van der Waals surface area contributed by atoms with E-state index in [9.17, 15) is 9.59 Å². The number of nitrogens with one attached hydrogen (secondary N) is 1. The van der Waals surface area contributed by atoms with Crippen molar-refractivity contribution in [2.45, 2.75) is 58.4 Å². The number of hydrogen-bond donors (Lipinski definition) is 1. The molecule has 2 atom stereocenters. The van der Waals surface area contributed by atoms with Crippen LogP contribution in [0.4, 0.5) is 0 Å². The Balaban J connectivity index is 1.30. The van der Waals surface area contributed by atoms with E-state index in [0.29, 0.717) is 41.8 Å². The number of carbonyl (C=O) groups is 1. The highest BCUT2D eigenvalue weighted by Crippen LogP contribution is 2.32. The van der Waals surface area contributed by atoms with E-state index in [1.165, 1.54) is 45.2 Å². The molecule has 36 heavy (non-hydrogen) atoms. The third-order valence-electron chi connectivity index (χ3n) is 7.86. The summed E-state index contributed by atoms with van der Waals surface area (Å²) in [5, 5.41) is 3.88. The molecule has 190 valence electrons. The lowest BCUT2D eigenvalue weighted by Crippen LogP contribution is -2.51. The lowest BCUT2D eigenvalue weighted by molar-refractivity contribution is -0.123. The zero-order valence-electron chi connectivity index (χ0n) is 21.3. The Kier molecular flexibility index (Phi) is 7.42. The Bertz CT molecular complexity index is 1280. The van der Waals surface area contributed by atoms with E-state index in [2.05, 4.69) is 10.2 Å². The van der Waals surface area contributed by atoms with Gasteiger partial charge < -0.3 is 19.4 Å². The molecule has 1 N–H and O–H groups in total. The molecule has 2 fully saturated rings. The average Bonchev–Trinajstić information content (AvgIpc) is 2.88. The summed E-state index contributed by atoms with van der Waals surface area (Å²) in [6.45, 7) is 6.89. The van der Waals surface area contributed by atoms with Crippen LogP contribution >= 0.6 is 0 Å². The molecule has 0 spiro atoms. The van der Waals surface area contributed by atoms with Gasteiger partial charge in [0, 0.05) is 24.6 Å². The van der Waals surface area contributed by atoms with Crippen LogP contribution in [0.3, 0.4) is 0 Å². The topological polar surface area (TPSA) is 71.8 Å². The number of rotatable bonds is 7. The van der Waals surface area contributed by atoms with Crippen LogP contribution in [0, 0.1) is 19.8 Å². The SMILES string of the molecule is Cc1cc(OCC(=O)NC[C@@H]2CCCN3CCCC[C@H]23)c2c(C)c(Cc3ccccc3)c(=O)oc2c1. The molecular formula is C30H36N2O4. The molecule has 0 saturated carbocycles. The van der Waals surface area contributed by atoms with Crippen molar-refractivity contribution >= 4 is 16.9 Å². The smallest absolute Gasteiger partial charge is 0.340 e. The van der Waals surface area contributed by atoms with Crippen molar-refractivity contribution in [3.8, 4) is 5.75 Å². The van der Waals surface area contributed by atoms with Gasteiger partial charge in [-0.05, 0) is 87.4 Å². The number of fused-ring (bicyclic) bond motifs is 2. The van der Waals surface area contributed by atoms with Gasteiger partial charge >= 0.3 is 5.63 Å². The molecule has 1 aromatic heterocycles. The minimum atomic E-state index is -0.331. The van der Waals surface area contributed by atoms with Gasteiger partial charge in [-0.15, -0.1) is 0 Å². The van der Waals surface area contributed by atoms with Crippen molar-refractivity contribution in [1.82, 2.24) is 10.2 Å². The maximum atomic E-state index is 12.8. The first-order valence-electron chi connectivity index (χ1n) is 13.2. The fourth-order valence-corrected chi connectivity index (χ4v) is 6.01. The number of nitrogens with zero attached hydrogens (tertiary/aromatic N) is 1. The first kappa shape index (κ1) is 24.6. The molecule has 2 aliphatic rings. The third kappa shape index (κ3) is 5.34. The highest BCUT2D eigenvalue weighted by atomic mass is 16.5. The third-order valence-corrected chi connectivity index (χ3v) is 7.86. The van der Waals surface area contributed by atoms with Gasteiger partial charge in [0.1, 0.15) is 11.3 Å². The zero-order valence-corrected chi connectivity index (χ0v) is 21.3. The molecule has 2 aliphatic heterocycles. The van der Waals surface area contributed by atoms with Crippen LogP contribution in [0.15, 0.2) is 51.7 Å². The lowest BCUT2D eigenvalue weighted by atomic mass is 9.83. The summed E-state index contributed by atoms with van der Waals surface area (Å²) >= 11 is 0. The van der Waals surface area contributed by atoms with Gasteiger partial charge in [-0.2, -0.15) is 0 Å². The molecule has 1 amide bonds. The average molecular weight is 489 g/mol. The van der Waals surface area contributed by atoms with Crippen LogP contribution in [0.25, 0.3) is 11.0 Å². The van der Waals surface area contributed by atoms with Crippen molar-refractivity contribution in [1.29, 1.82) is 0 Å². The van der Waals surface area contributed by atoms with E-state index in [-0.39, 0.29) is 18.1 Å². The van der Waals surface area contributed by atoms with Crippen molar-refractivity contribution in [2.24, 2.45) is 5.92 Å². The van der Waals surface area contributed by atoms with Crippen LogP contribution in [0.1, 0.15) is 54.4 Å². The summed E-state index contributed by atoms with van der Waals surface area (Å²) in [6.07, 6.45) is 6.68. The van der Waals surface area contributed by atoms with E-state index in [1.807, 2.05) is 56.3 Å². The first-order chi connectivity index (χ1) is 17.5. The number of hydrogen-bond acceptors (Lipinski definition) is 5. The summed E-state index contributed by atoms with van der Waals surface area (Å²) in [5.41, 5.74) is 3.56. The molecule has 0 radical (unpaired) electrons. The summed E-state index contributed by atoms with van der Waals surface area (Å²) in [4.78, 5) is 28.2. The summed E-state index contributed by atoms with van der Waals surface area (Å²) in [5.74, 6) is 0.976. The van der Waals surface area contributed by atoms with Gasteiger partial charge in [0.25, 0.3) is 5.91 Å². The molecule has 2 aromatic carbocycles. The first-order valence-corrected chi connectivity index (χ1v) is 13.2. The fraction of sp³-hybridized carbons (Fsp3) is 0.467. The molecule has 2 saturated heterocycles. The Morgan fingerprint density at radius 3 is 2.72 bits per heavy atom. The molecule has 0 unspecified atom stereocenters. The Morgan fingerprint density at radius 2 is 1.89 bits per heavy atom. The normalized spacial score (nSPS) is 20.2. The van der Waals surface area contributed by atoms with Gasteiger partial charge in [0.2, 0.25) is 0 Å². The molecule has 3 aromatic rings. The summed E-state index contributed by atoms with van der Waals surface area (Å²) in [7, 11) is 0. The van der Waals surface area contributed by atoms with Crippen molar-refractivity contribution in [2.75, 3.05) is 26.2 Å². The predicted octanol–water partition coefficient (Wildman–Crippen LogP) is 4.76. The molecular weight excluding hydrogens is 452 g/mol. The van der Waals surface area contributed by atoms with E-state index < -0.39 is 0 Å². The summed E-state index contributed by atoms with van der Waals surface area (Å²) in [6, 6.07) is 14.2. The van der Waals surface area contributed by atoms with Gasteiger partial charge in [-0.3, -0.25) is 4.79 Å². The minimum Gasteiger partial charge on any atom is -0.483 e. The maximum absolute atomic E-state index is 12.8. The molecule has 5 rings (SSSR count). The largest absolute Gasteiger partial charge is 0.483 e. The molecule has 6 nitrogen and oxygen atoms in total. The van der Waals surface area contributed by atoms with E-state index in [0.717, 1.165) is 22.1 Å². The molecule has 0 bridgehead atoms. The van der Waals surface area contributed by atoms with Crippen molar-refractivity contribution < 1.29 is 13.9 Å². The second-order valence-corrected chi connectivity index (χ2v) is 10.4.